The second-order valence-corrected chi connectivity index (χ2v) is 6.77. The number of benzene rings is 2. The van der Waals surface area contributed by atoms with Crippen LogP contribution in [0.3, 0.4) is 0 Å². The average Bonchev–Trinajstić information content (AvgIpc) is 3.04. The first-order chi connectivity index (χ1) is 12.9. The van der Waals surface area contributed by atoms with Crippen LogP contribution in [0.5, 0.6) is 0 Å². The van der Waals surface area contributed by atoms with Gasteiger partial charge in [-0.1, -0.05) is 36.4 Å². The highest BCUT2D eigenvalue weighted by Crippen LogP contribution is 2.30. The number of hydrogen-bond donors (Lipinski definition) is 1. The molecule has 0 spiro atoms. The number of carbonyl (C=O) groups excluding carboxylic acids is 2. The first kappa shape index (κ1) is 18.6. The molecule has 0 radical (unpaired) electrons. The number of anilines is 1. The molecule has 140 valence electrons. The van der Waals surface area contributed by atoms with E-state index in [1.54, 1.807) is 19.1 Å². The predicted octanol–water partition coefficient (Wildman–Crippen LogP) is 3.13. The number of aryl methyl sites for hydroxylation is 1. The maximum Gasteiger partial charge on any atom is 0.274 e. The largest absolute Gasteiger partial charge is 0.349 e. The van der Waals surface area contributed by atoms with Crippen LogP contribution in [0.15, 0.2) is 48.5 Å². The van der Waals surface area contributed by atoms with Crippen molar-refractivity contribution >= 4 is 23.2 Å². The lowest BCUT2D eigenvalue weighted by atomic mass is 10.1. The van der Waals surface area contributed by atoms with Crippen molar-refractivity contribution in [2.24, 2.45) is 5.92 Å². The van der Waals surface area contributed by atoms with E-state index in [0.29, 0.717) is 11.3 Å². The van der Waals surface area contributed by atoms with E-state index < -0.39 is 10.8 Å². The van der Waals surface area contributed by atoms with Gasteiger partial charge in [-0.15, -0.1) is 0 Å². The maximum atomic E-state index is 12.6. The Bertz CT molecular complexity index is 882. The number of hydrogen-bond acceptors (Lipinski definition) is 4. The third-order valence-corrected chi connectivity index (χ3v) is 4.86. The lowest BCUT2D eigenvalue weighted by molar-refractivity contribution is -0.385. The summed E-state index contributed by atoms with van der Waals surface area (Å²) in [5.41, 5.74) is 1.93. The van der Waals surface area contributed by atoms with Gasteiger partial charge in [0.05, 0.1) is 22.6 Å². The number of nitro benzene ring substituents is 1. The minimum absolute atomic E-state index is 0.0362. The van der Waals surface area contributed by atoms with Gasteiger partial charge in [-0.2, -0.15) is 0 Å². The lowest BCUT2D eigenvalue weighted by Crippen LogP contribution is -2.34. The van der Waals surface area contributed by atoms with Crippen LogP contribution in [-0.4, -0.2) is 23.3 Å². The second-order valence-electron chi connectivity index (χ2n) is 6.77. The molecule has 2 amide bonds. The normalized spacial score (nSPS) is 17.6. The first-order valence-electron chi connectivity index (χ1n) is 8.77. The summed E-state index contributed by atoms with van der Waals surface area (Å²) in [5, 5.41) is 14.1. The molecule has 1 saturated heterocycles. The Morgan fingerprint density at radius 3 is 2.63 bits per heavy atom. The standard InChI is InChI=1S/C20H21N3O4/c1-13-8-9-17(11-18(13)23(26)27)22-12-16(10-19(22)24)20(25)21-14(2)15-6-4-3-5-7-15/h3-9,11,14,16H,10,12H2,1-2H3,(H,21,25)/t14-,16-/m0/s1. The molecule has 2 aromatic carbocycles. The third-order valence-electron chi connectivity index (χ3n) is 4.86. The van der Waals surface area contributed by atoms with E-state index >= 15 is 0 Å². The van der Waals surface area contributed by atoms with Gasteiger partial charge in [-0.3, -0.25) is 19.7 Å². The fourth-order valence-electron chi connectivity index (χ4n) is 3.25. The van der Waals surface area contributed by atoms with Gasteiger partial charge in [0.2, 0.25) is 11.8 Å². The Morgan fingerprint density at radius 1 is 1.26 bits per heavy atom. The van der Waals surface area contributed by atoms with E-state index in [0.717, 1.165) is 5.56 Å². The number of nitrogens with zero attached hydrogens (tertiary/aromatic N) is 2. The Balaban J connectivity index is 1.71. The van der Waals surface area contributed by atoms with Crippen molar-refractivity contribution in [3.63, 3.8) is 0 Å². The molecule has 0 aromatic heterocycles. The fourth-order valence-corrected chi connectivity index (χ4v) is 3.25. The molecule has 1 aliphatic heterocycles. The van der Waals surface area contributed by atoms with E-state index in [1.807, 2.05) is 37.3 Å². The van der Waals surface area contributed by atoms with Gasteiger partial charge in [0.25, 0.3) is 5.69 Å². The molecular formula is C20H21N3O4. The summed E-state index contributed by atoms with van der Waals surface area (Å²) >= 11 is 0. The van der Waals surface area contributed by atoms with Crippen molar-refractivity contribution in [3.8, 4) is 0 Å². The minimum Gasteiger partial charge on any atom is -0.349 e. The molecule has 7 nitrogen and oxygen atoms in total. The van der Waals surface area contributed by atoms with Gasteiger partial charge >= 0.3 is 0 Å². The van der Waals surface area contributed by atoms with E-state index in [1.165, 1.54) is 11.0 Å². The van der Waals surface area contributed by atoms with Gasteiger partial charge in [-0.25, -0.2) is 0 Å². The number of amides is 2. The maximum absolute atomic E-state index is 12.6. The lowest BCUT2D eigenvalue weighted by Gasteiger charge is -2.19. The molecule has 0 unspecified atom stereocenters. The second kappa shape index (κ2) is 7.57. The van der Waals surface area contributed by atoms with Crippen molar-refractivity contribution in [2.45, 2.75) is 26.3 Å². The molecule has 3 rings (SSSR count). The molecule has 27 heavy (non-hydrogen) atoms. The van der Waals surface area contributed by atoms with E-state index in [9.17, 15) is 19.7 Å². The van der Waals surface area contributed by atoms with E-state index in [4.69, 9.17) is 0 Å². The summed E-state index contributed by atoms with van der Waals surface area (Å²) < 4.78 is 0. The Labute approximate surface area is 157 Å². The molecular weight excluding hydrogens is 346 g/mol. The van der Waals surface area contributed by atoms with Crippen LogP contribution in [-0.2, 0) is 9.59 Å². The quantitative estimate of drug-likeness (QED) is 0.649. The molecule has 2 aromatic rings. The topological polar surface area (TPSA) is 92.6 Å². The predicted molar refractivity (Wildman–Crippen MR) is 101 cm³/mol. The number of nitro groups is 1. The summed E-state index contributed by atoms with van der Waals surface area (Å²) in [4.78, 5) is 37.1. The molecule has 0 bridgehead atoms. The van der Waals surface area contributed by atoms with Gasteiger partial charge < -0.3 is 10.2 Å². The van der Waals surface area contributed by atoms with E-state index in [2.05, 4.69) is 5.32 Å². The zero-order valence-electron chi connectivity index (χ0n) is 15.2. The zero-order valence-corrected chi connectivity index (χ0v) is 15.2. The highest BCUT2D eigenvalue weighted by Gasteiger charge is 2.36. The van der Waals surface area contributed by atoms with Crippen molar-refractivity contribution in [3.05, 3.63) is 69.8 Å². The van der Waals surface area contributed by atoms with Crippen molar-refractivity contribution in [2.75, 3.05) is 11.4 Å². The van der Waals surface area contributed by atoms with Crippen LogP contribution in [0.1, 0.15) is 30.5 Å². The SMILES string of the molecule is Cc1ccc(N2C[C@@H](C(=O)N[C@@H](C)c3ccccc3)CC2=O)cc1[N+](=O)[O-]. The van der Waals surface area contributed by atoms with Crippen molar-refractivity contribution in [1.82, 2.24) is 5.32 Å². The molecule has 1 N–H and O–H groups in total. The zero-order chi connectivity index (χ0) is 19.6. The van der Waals surface area contributed by atoms with Crippen molar-refractivity contribution < 1.29 is 14.5 Å². The number of nitrogens with one attached hydrogen (secondary N) is 1. The van der Waals surface area contributed by atoms with Crippen LogP contribution in [0.2, 0.25) is 0 Å². The summed E-state index contributed by atoms with van der Waals surface area (Å²) in [7, 11) is 0. The molecule has 2 atom stereocenters. The van der Waals surface area contributed by atoms with E-state index in [-0.39, 0.29) is 36.5 Å². The van der Waals surface area contributed by atoms with Gasteiger partial charge in [-0.05, 0) is 25.5 Å². The molecule has 7 heteroatoms. The Morgan fingerprint density at radius 2 is 1.96 bits per heavy atom. The molecule has 1 heterocycles. The number of rotatable bonds is 5. The van der Waals surface area contributed by atoms with Crippen molar-refractivity contribution in [1.29, 1.82) is 0 Å². The summed E-state index contributed by atoms with van der Waals surface area (Å²) in [6.45, 7) is 3.76. The minimum atomic E-state index is -0.482. The van der Waals surface area contributed by atoms with Crippen LogP contribution >= 0.6 is 0 Å². The van der Waals surface area contributed by atoms with Crippen LogP contribution in [0.4, 0.5) is 11.4 Å². The van der Waals surface area contributed by atoms with Crippen LogP contribution in [0.25, 0.3) is 0 Å². The monoisotopic (exact) mass is 367 g/mol. The highest BCUT2D eigenvalue weighted by atomic mass is 16.6. The molecule has 1 aliphatic rings. The molecule has 0 aliphatic carbocycles. The highest BCUT2D eigenvalue weighted by molar-refractivity contribution is 6.00. The van der Waals surface area contributed by atoms with Gasteiger partial charge in [0.15, 0.2) is 0 Å². The number of carbonyl (C=O) groups is 2. The van der Waals surface area contributed by atoms with Gasteiger partial charge in [0.1, 0.15) is 0 Å². The molecule has 1 fully saturated rings. The Kier molecular flexibility index (Phi) is 5.21. The van der Waals surface area contributed by atoms with Gasteiger partial charge in [0, 0.05) is 24.6 Å². The third kappa shape index (κ3) is 3.97. The van der Waals surface area contributed by atoms with Crippen LogP contribution in [0, 0.1) is 23.0 Å². The fraction of sp³-hybridized carbons (Fsp3) is 0.300. The smallest absolute Gasteiger partial charge is 0.274 e. The first-order valence-corrected chi connectivity index (χ1v) is 8.77. The summed E-state index contributed by atoms with van der Waals surface area (Å²) in [5.74, 6) is -0.881. The summed E-state index contributed by atoms with van der Waals surface area (Å²) in [6, 6.07) is 14.1. The Hall–Kier alpha value is -3.22. The summed E-state index contributed by atoms with van der Waals surface area (Å²) in [6.07, 6.45) is 0.0923. The van der Waals surface area contributed by atoms with Crippen LogP contribution < -0.4 is 10.2 Å². The average molecular weight is 367 g/mol. The molecule has 0 saturated carbocycles.